The maximum Gasteiger partial charge on any atom is 0.337 e. The van der Waals surface area contributed by atoms with E-state index < -0.39 is 5.97 Å². The van der Waals surface area contributed by atoms with E-state index in [4.69, 9.17) is 4.74 Å². The van der Waals surface area contributed by atoms with Crippen molar-refractivity contribution in [2.75, 3.05) is 7.11 Å². The van der Waals surface area contributed by atoms with Crippen molar-refractivity contribution in [1.82, 2.24) is 0 Å². The summed E-state index contributed by atoms with van der Waals surface area (Å²) in [5.74, 6) is 0.502. The van der Waals surface area contributed by atoms with Gasteiger partial charge in [0.1, 0.15) is 0 Å². The Morgan fingerprint density at radius 1 is 0.741 bits per heavy atom. The molecule has 0 saturated heterocycles. The molecular formula is C24H30O3. The van der Waals surface area contributed by atoms with E-state index >= 15 is 0 Å². The van der Waals surface area contributed by atoms with Gasteiger partial charge in [0.15, 0.2) is 5.78 Å². The minimum absolute atomic E-state index is 0.00845. The number of hydrogen-bond acceptors (Lipinski definition) is 3. The second-order valence-electron chi connectivity index (χ2n) is 7.94. The van der Waals surface area contributed by atoms with Crippen LogP contribution in [0, 0.1) is 0 Å². The zero-order chi connectivity index (χ0) is 20.3. The SMILES string of the molecule is COC(=O)c1ccc(C(=O)c2c(C(C)C)cc(C(C)C)cc2C(C)C)cc1. The summed E-state index contributed by atoms with van der Waals surface area (Å²) in [5.41, 5.74) is 5.27. The van der Waals surface area contributed by atoms with Crippen molar-refractivity contribution in [3.8, 4) is 0 Å². The molecule has 0 aliphatic heterocycles. The van der Waals surface area contributed by atoms with Crippen LogP contribution in [-0.4, -0.2) is 18.9 Å². The van der Waals surface area contributed by atoms with Crippen LogP contribution in [0.5, 0.6) is 0 Å². The topological polar surface area (TPSA) is 43.4 Å². The van der Waals surface area contributed by atoms with E-state index in [1.165, 1.54) is 12.7 Å². The molecule has 0 atom stereocenters. The highest BCUT2D eigenvalue weighted by Gasteiger charge is 2.23. The molecule has 3 nitrogen and oxygen atoms in total. The van der Waals surface area contributed by atoms with Crippen LogP contribution in [-0.2, 0) is 4.74 Å². The Balaban J connectivity index is 2.61. The Morgan fingerprint density at radius 3 is 1.56 bits per heavy atom. The van der Waals surface area contributed by atoms with Crippen molar-refractivity contribution in [2.24, 2.45) is 0 Å². The van der Waals surface area contributed by atoms with Gasteiger partial charge in [-0.2, -0.15) is 0 Å². The molecule has 0 N–H and O–H groups in total. The maximum absolute atomic E-state index is 13.4. The molecule has 0 amide bonds. The van der Waals surface area contributed by atoms with Gasteiger partial charge < -0.3 is 4.74 Å². The molecule has 0 fully saturated rings. The van der Waals surface area contributed by atoms with Gasteiger partial charge in [-0.1, -0.05) is 65.8 Å². The van der Waals surface area contributed by atoms with E-state index in [0.717, 1.165) is 16.7 Å². The fraction of sp³-hybridized carbons (Fsp3) is 0.417. The van der Waals surface area contributed by atoms with Gasteiger partial charge in [0.2, 0.25) is 0 Å². The first-order valence-corrected chi connectivity index (χ1v) is 9.58. The van der Waals surface area contributed by atoms with Gasteiger partial charge in [-0.25, -0.2) is 4.79 Å². The summed E-state index contributed by atoms with van der Waals surface area (Å²) in [5, 5.41) is 0. The highest BCUT2D eigenvalue weighted by molar-refractivity contribution is 6.11. The van der Waals surface area contributed by atoms with Gasteiger partial charge in [0, 0.05) is 11.1 Å². The second kappa shape index (κ2) is 8.51. The third kappa shape index (κ3) is 4.47. The van der Waals surface area contributed by atoms with Crippen molar-refractivity contribution in [1.29, 1.82) is 0 Å². The summed E-state index contributed by atoms with van der Waals surface area (Å²) >= 11 is 0. The predicted octanol–water partition coefficient (Wildman–Crippen LogP) is 6.07. The molecular weight excluding hydrogens is 336 g/mol. The van der Waals surface area contributed by atoms with E-state index in [-0.39, 0.29) is 17.6 Å². The molecule has 0 aromatic heterocycles. The zero-order valence-corrected chi connectivity index (χ0v) is 17.4. The molecule has 0 spiro atoms. The van der Waals surface area contributed by atoms with Gasteiger partial charge >= 0.3 is 5.97 Å². The minimum atomic E-state index is -0.402. The summed E-state index contributed by atoms with van der Waals surface area (Å²) in [6.45, 7) is 12.9. The molecule has 0 heterocycles. The van der Waals surface area contributed by atoms with Crippen LogP contribution in [0.25, 0.3) is 0 Å². The lowest BCUT2D eigenvalue weighted by atomic mass is 9.81. The van der Waals surface area contributed by atoms with Crippen LogP contribution in [0.15, 0.2) is 36.4 Å². The molecule has 2 rings (SSSR count). The van der Waals surface area contributed by atoms with E-state index in [2.05, 4.69) is 53.7 Å². The standard InChI is InChI=1S/C24H30O3/c1-14(2)19-12-20(15(3)4)22(21(13-19)16(5)6)23(25)17-8-10-18(11-9-17)24(26)27-7/h8-16H,1-7H3. The maximum atomic E-state index is 13.4. The highest BCUT2D eigenvalue weighted by Crippen LogP contribution is 2.33. The quantitative estimate of drug-likeness (QED) is 0.460. The van der Waals surface area contributed by atoms with Crippen LogP contribution in [0.1, 0.15) is 102 Å². The Hall–Kier alpha value is -2.42. The van der Waals surface area contributed by atoms with Gasteiger partial charge in [0.05, 0.1) is 12.7 Å². The third-order valence-corrected chi connectivity index (χ3v) is 4.93. The Labute approximate surface area is 162 Å². The summed E-state index contributed by atoms with van der Waals surface area (Å²) in [6, 6.07) is 11.1. The van der Waals surface area contributed by atoms with E-state index in [9.17, 15) is 9.59 Å². The number of carbonyl (C=O) groups is 2. The van der Waals surface area contributed by atoms with Crippen molar-refractivity contribution in [3.63, 3.8) is 0 Å². The molecule has 0 aliphatic carbocycles. The molecule has 0 unspecified atom stereocenters. The molecule has 0 aliphatic rings. The summed E-state index contributed by atoms with van der Waals surface area (Å²) in [7, 11) is 1.35. The molecule has 3 heteroatoms. The number of benzene rings is 2. The molecule has 2 aromatic rings. The van der Waals surface area contributed by atoms with Gasteiger partial charge in [-0.05, 0) is 46.6 Å². The minimum Gasteiger partial charge on any atom is -0.465 e. The number of esters is 1. The van der Waals surface area contributed by atoms with Crippen LogP contribution in [0.2, 0.25) is 0 Å². The Bertz CT molecular complexity index is 798. The smallest absolute Gasteiger partial charge is 0.337 e. The van der Waals surface area contributed by atoms with Gasteiger partial charge in [-0.15, -0.1) is 0 Å². The monoisotopic (exact) mass is 366 g/mol. The first-order chi connectivity index (χ1) is 12.7. The number of rotatable bonds is 6. The molecule has 0 radical (unpaired) electrons. The summed E-state index contributed by atoms with van der Waals surface area (Å²) < 4.78 is 4.73. The van der Waals surface area contributed by atoms with Gasteiger partial charge in [0.25, 0.3) is 0 Å². The largest absolute Gasteiger partial charge is 0.465 e. The first-order valence-electron chi connectivity index (χ1n) is 9.58. The third-order valence-electron chi connectivity index (χ3n) is 4.93. The van der Waals surface area contributed by atoms with Crippen LogP contribution in [0.3, 0.4) is 0 Å². The average molecular weight is 367 g/mol. The van der Waals surface area contributed by atoms with Crippen LogP contribution < -0.4 is 0 Å². The highest BCUT2D eigenvalue weighted by atomic mass is 16.5. The molecule has 0 saturated carbocycles. The van der Waals surface area contributed by atoms with E-state index in [0.29, 0.717) is 17.0 Å². The zero-order valence-electron chi connectivity index (χ0n) is 17.4. The summed E-state index contributed by atoms with van der Waals surface area (Å²) in [4.78, 5) is 25.1. The molecule has 2 aromatic carbocycles. The molecule has 144 valence electrons. The normalized spacial score (nSPS) is 11.3. The molecule has 0 bridgehead atoms. The lowest BCUT2D eigenvalue weighted by Crippen LogP contribution is -2.13. The van der Waals surface area contributed by atoms with E-state index in [1.807, 2.05) is 0 Å². The number of ether oxygens (including phenoxy) is 1. The van der Waals surface area contributed by atoms with Crippen molar-refractivity contribution >= 4 is 11.8 Å². The fourth-order valence-electron chi connectivity index (χ4n) is 3.24. The van der Waals surface area contributed by atoms with Crippen LogP contribution in [0.4, 0.5) is 0 Å². The van der Waals surface area contributed by atoms with Gasteiger partial charge in [-0.3, -0.25) is 4.79 Å². The van der Waals surface area contributed by atoms with Crippen molar-refractivity contribution in [2.45, 2.75) is 59.3 Å². The predicted molar refractivity (Wildman–Crippen MR) is 110 cm³/mol. The van der Waals surface area contributed by atoms with Crippen molar-refractivity contribution < 1.29 is 14.3 Å². The summed E-state index contributed by atoms with van der Waals surface area (Å²) in [6.07, 6.45) is 0. The lowest BCUT2D eigenvalue weighted by molar-refractivity contribution is 0.0600. The van der Waals surface area contributed by atoms with E-state index in [1.54, 1.807) is 24.3 Å². The number of carbonyl (C=O) groups excluding carboxylic acids is 2. The van der Waals surface area contributed by atoms with Crippen LogP contribution >= 0.6 is 0 Å². The Morgan fingerprint density at radius 2 is 1.19 bits per heavy atom. The number of ketones is 1. The molecule has 27 heavy (non-hydrogen) atoms. The number of hydrogen-bond donors (Lipinski definition) is 0. The Kier molecular flexibility index (Phi) is 6.59. The first kappa shape index (κ1) is 20.9. The fourth-order valence-corrected chi connectivity index (χ4v) is 3.24. The average Bonchev–Trinajstić information content (AvgIpc) is 2.65. The lowest BCUT2D eigenvalue weighted by Gasteiger charge is -2.22. The number of methoxy groups -OCH3 is 1. The second-order valence-corrected chi connectivity index (χ2v) is 7.94. The van der Waals surface area contributed by atoms with Crippen molar-refractivity contribution in [3.05, 3.63) is 69.8 Å².